The Bertz CT molecular complexity index is 421. The molecule has 0 heterocycles. The Morgan fingerprint density at radius 3 is 2.71 bits per heavy atom. The molecule has 0 amide bonds. The third-order valence-electron chi connectivity index (χ3n) is 5.02. The highest BCUT2D eigenvalue weighted by Gasteiger charge is 2.62. The second-order valence-electron chi connectivity index (χ2n) is 6.54. The van der Waals surface area contributed by atoms with E-state index in [0.29, 0.717) is 12.2 Å². The summed E-state index contributed by atoms with van der Waals surface area (Å²) in [7, 11) is 1.57. The van der Waals surface area contributed by atoms with E-state index >= 15 is 0 Å². The normalized spacial score (nSPS) is 42.9. The molecular weight excluding hydrogens is 216 g/mol. The standard InChI is InChI=1S/C14H20O3/c1-13(2)4-5-14(16)7-8-6-9(15)11(17-3)10(8)12(13)14/h8,12,16H,4-7H2,1-3H3/t8-,12-,14+/m0/s1. The molecule has 0 unspecified atom stereocenters. The SMILES string of the molecule is COC1=C2[C@@H](CC1=O)C[C@]1(O)CCC(C)(C)[C@H]21. The molecule has 2 fully saturated rings. The topological polar surface area (TPSA) is 46.5 Å². The number of ketones is 1. The number of fused-ring (bicyclic) bond motifs is 3. The average Bonchev–Trinajstić information content (AvgIpc) is 2.73. The number of carbonyl (C=O) groups excluding carboxylic acids is 1. The Hall–Kier alpha value is -0.830. The molecule has 3 aliphatic carbocycles. The van der Waals surface area contributed by atoms with E-state index in [2.05, 4.69) is 13.8 Å². The zero-order valence-electron chi connectivity index (χ0n) is 10.7. The Balaban J connectivity index is 2.13. The number of hydrogen-bond donors (Lipinski definition) is 1. The third-order valence-corrected chi connectivity index (χ3v) is 5.02. The molecule has 3 aliphatic rings. The lowest BCUT2D eigenvalue weighted by Gasteiger charge is -2.31. The van der Waals surface area contributed by atoms with Crippen molar-refractivity contribution in [2.24, 2.45) is 17.3 Å². The molecule has 0 saturated heterocycles. The highest BCUT2D eigenvalue weighted by molar-refractivity contribution is 5.97. The van der Waals surface area contributed by atoms with Crippen molar-refractivity contribution in [1.29, 1.82) is 0 Å². The lowest BCUT2D eigenvalue weighted by molar-refractivity contribution is -0.118. The first-order valence-electron chi connectivity index (χ1n) is 6.43. The monoisotopic (exact) mass is 236 g/mol. The van der Waals surface area contributed by atoms with Crippen LogP contribution >= 0.6 is 0 Å². The van der Waals surface area contributed by atoms with Gasteiger partial charge in [0.2, 0.25) is 0 Å². The zero-order valence-corrected chi connectivity index (χ0v) is 10.7. The molecule has 0 aromatic heterocycles. The first-order valence-corrected chi connectivity index (χ1v) is 6.43. The van der Waals surface area contributed by atoms with Gasteiger partial charge in [-0.1, -0.05) is 13.8 Å². The molecule has 2 saturated carbocycles. The van der Waals surface area contributed by atoms with Crippen molar-refractivity contribution in [3.8, 4) is 0 Å². The molecule has 0 bridgehead atoms. The van der Waals surface area contributed by atoms with Crippen LogP contribution in [0.1, 0.15) is 39.5 Å². The summed E-state index contributed by atoms with van der Waals surface area (Å²) in [6, 6.07) is 0. The predicted octanol–water partition coefficient (Wildman–Crippen LogP) is 2.05. The molecule has 3 atom stereocenters. The van der Waals surface area contributed by atoms with Crippen molar-refractivity contribution in [1.82, 2.24) is 0 Å². The summed E-state index contributed by atoms with van der Waals surface area (Å²) < 4.78 is 5.30. The Kier molecular flexibility index (Phi) is 2.08. The second kappa shape index (κ2) is 3.14. The Morgan fingerprint density at radius 1 is 1.35 bits per heavy atom. The van der Waals surface area contributed by atoms with Crippen molar-refractivity contribution < 1.29 is 14.6 Å². The van der Waals surface area contributed by atoms with Gasteiger partial charge in [0.05, 0.1) is 12.7 Å². The first kappa shape index (κ1) is 11.3. The van der Waals surface area contributed by atoms with Gasteiger partial charge in [-0.15, -0.1) is 0 Å². The first-order chi connectivity index (χ1) is 7.89. The molecule has 1 N–H and O–H groups in total. The van der Waals surface area contributed by atoms with Crippen LogP contribution in [0.25, 0.3) is 0 Å². The quantitative estimate of drug-likeness (QED) is 0.758. The van der Waals surface area contributed by atoms with Crippen LogP contribution in [0.15, 0.2) is 11.3 Å². The minimum absolute atomic E-state index is 0.0766. The molecule has 0 spiro atoms. The highest BCUT2D eigenvalue weighted by Crippen LogP contribution is 2.63. The van der Waals surface area contributed by atoms with Crippen LogP contribution in [0, 0.1) is 17.3 Å². The van der Waals surface area contributed by atoms with E-state index in [4.69, 9.17) is 4.74 Å². The minimum atomic E-state index is -0.589. The molecular formula is C14H20O3. The van der Waals surface area contributed by atoms with Crippen molar-refractivity contribution in [3.05, 3.63) is 11.3 Å². The van der Waals surface area contributed by atoms with Gasteiger partial charge in [0.25, 0.3) is 0 Å². The molecule has 0 aliphatic heterocycles. The maximum absolute atomic E-state index is 11.9. The van der Waals surface area contributed by atoms with Crippen molar-refractivity contribution in [3.63, 3.8) is 0 Å². The summed E-state index contributed by atoms with van der Waals surface area (Å²) in [4.78, 5) is 11.9. The smallest absolute Gasteiger partial charge is 0.197 e. The molecule has 0 aromatic carbocycles. The van der Waals surface area contributed by atoms with Crippen LogP contribution in [0.4, 0.5) is 0 Å². The number of ether oxygens (including phenoxy) is 1. The van der Waals surface area contributed by atoms with E-state index in [1.807, 2.05) is 0 Å². The predicted molar refractivity (Wildman–Crippen MR) is 63.2 cm³/mol. The zero-order chi connectivity index (χ0) is 12.4. The van der Waals surface area contributed by atoms with Gasteiger partial charge in [0.1, 0.15) is 0 Å². The maximum atomic E-state index is 11.9. The van der Waals surface area contributed by atoms with Gasteiger partial charge >= 0.3 is 0 Å². The highest BCUT2D eigenvalue weighted by atomic mass is 16.5. The molecule has 3 rings (SSSR count). The van der Waals surface area contributed by atoms with Gasteiger partial charge in [-0.05, 0) is 36.2 Å². The molecule has 0 aromatic rings. The number of aliphatic hydroxyl groups is 1. The van der Waals surface area contributed by atoms with Gasteiger partial charge in [-0.25, -0.2) is 0 Å². The fourth-order valence-electron chi connectivity index (χ4n) is 4.47. The summed E-state index contributed by atoms with van der Waals surface area (Å²) in [6.45, 7) is 4.39. The van der Waals surface area contributed by atoms with Crippen LogP contribution in [0.5, 0.6) is 0 Å². The molecule has 94 valence electrons. The fourth-order valence-corrected chi connectivity index (χ4v) is 4.47. The van der Waals surface area contributed by atoms with Crippen LogP contribution in [-0.2, 0) is 9.53 Å². The van der Waals surface area contributed by atoms with Crippen LogP contribution < -0.4 is 0 Å². The average molecular weight is 236 g/mol. The van der Waals surface area contributed by atoms with Gasteiger partial charge in [0.15, 0.2) is 11.5 Å². The van der Waals surface area contributed by atoms with Crippen LogP contribution in [0.3, 0.4) is 0 Å². The minimum Gasteiger partial charge on any atom is -0.493 e. The fraction of sp³-hybridized carbons (Fsp3) is 0.786. The van der Waals surface area contributed by atoms with Crippen molar-refractivity contribution in [2.45, 2.75) is 45.1 Å². The summed E-state index contributed by atoms with van der Waals surface area (Å²) in [5, 5.41) is 10.8. The van der Waals surface area contributed by atoms with E-state index in [0.717, 1.165) is 24.8 Å². The number of carbonyl (C=O) groups is 1. The number of allylic oxidation sites excluding steroid dienone is 1. The Labute approximate surface area is 102 Å². The van der Waals surface area contributed by atoms with Gasteiger partial charge in [-0.2, -0.15) is 0 Å². The van der Waals surface area contributed by atoms with E-state index in [-0.39, 0.29) is 23.0 Å². The summed E-state index contributed by atoms with van der Waals surface area (Å²) in [6.07, 6.45) is 3.16. The lowest BCUT2D eigenvalue weighted by Crippen LogP contribution is -2.34. The lowest BCUT2D eigenvalue weighted by atomic mass is 9.76. The van der Waals surface area contributed by atoms with E-state index in [1.54, 1.807) is 7.11 Å². The molecule has 3 nitrogen and oxygen atoms in total. The maximum Gasteiger partial charge on any atom is 0.197 e. The van der Waals surface area contributed by atoms with E-state index in [1.165, 1.54) is 0 Å². The summed E-state index contributed by atoms with van der Waals surface area (Å²) in [5.74, 6) is 1.01. The van der Waals surface area contributed by atoms with E-state index < -0.39 is 5.60 Å². The summed E-state index contributed by atoms with van der Waals surface area (Å²) >= 11 is 0. The number of rotatable bonds is 1. The molecule has 3 heteroatoms. The largest absolute Gasteiger partial charge is 0.493 e. The van der Waals surface area contributed by atoms with Crippen molar-refractivity contribution in [2.75, 3.05) is 7.11 Å². The van der Waals surface area contributed by atoms with Crippen LogP contribution in [0.2, 0.25) is 0 Å². The van der Waals surface area contributed by atoms with Gasteiger partial charge < -0.3 is 9.84 Å². The number of hydrogen-bond acceptors (Lipinski definition) is 3. The number of Topliss-reactive ketones (excluding diaryl/α,β-unsaturated/α-hetero) is 1. The third kappa shape index (κ3) is 1.29. The van der Waals surface area contributed by atoms with Crippen LogP contribution in [-0.4, -0.2) is 23.6 Å². The Morgan fingerprint density at radius 2 is 2.06 bits per heavy atom. The molecule has 17 heavy (non-hydrogen) atoms. The van der Waals surface area contributed by atoms with Crippen molar-refractivity contribution >= 4 is 5.78 Å². The van der Waals surface area contributed by atoms with E-state index in [9.17, 15) is 9.90 Å². The van der Waals surface area contributed by atoms with Gasteiger partial charge in [0, 0.05) is 12.3 Å². The van der Waals surface area contributed by atoms with Gasteiger partial charge in [-0.3, -0.25) is 4.79 Å². The summed E-state index contributed by atoms with van der Waals surface area (Å²) in [5.41, 5.74) is 0.601. The number of methoxy groups -OCH3 is 1. The molecule has 0 radical (unpaired) electrons. The second-order valence-corrected chi connectivity index (χ2v) is 6.54.